The maximum Gasteiger partial charge on any atom is 0.294 e. The Morgan fingerprint density at radius 1 is 1.23 bits per heavy atom. The van der Waals surface area contributed by atoms with Gasteiger partial charge in [0.2, 0.25) is 0 Å². The maximum absolute atomic E-state index is 12.4. The minimum Gasteiger partial charge on any atom is -0.493 e. The molecule has 0 aromatic heterocycles. The fourth-order valence-corrected chi connectivity index (χ4v) is 2.20. The first kappa shape index (κ1) is 15.7. The van der Waals surface area contributed by atoms with Gasteiger partial charge in [-0.05, 0) is 25.0 Å². The Kier molecular flexibility index (Phi) is 4.92. The number of ether oxygens (including phenoxy) is 1. The van der Waals surface area contributed by atoms with Gasteiger partial charge in [0, 0.05) is 6.54 Å². The predicted molar refractivity (Wildman–Crippen MR) is 75.2 cm³/mol. The molecule has 1 aliphatic rings. The molecule has 0 atom stereocenters. The van der Waals surface area contributed by atoms with Crippen molar-refractivity contribution in [3.8, 4) is 5.75 Å². The van der Waals surface area contributed by atoms with Crippen LogP contribution in [0.2, 0.25) is 0 Å². The van der Waals surface area contributed by atoms with Crippen LogP contribution in [0.1, 0.15) is 40.5 Å². The highest BCUT2D eigenvalue weighted by atomic mass is 16.9. The number of rotatable bonds is 8. The molecular weight excluding hydrogens is 292 g/mol. The van der Waals surface area contributed by atoms with Crippen LogP contribution in [0.4, 0.5) is 0 Å². The van der Waals surface area contributed by atoms with Crippen molar-refractivity contribution < 1.29 is 24.3 Å². The Hall–Kier alpha value is -2.64. The van der Waals surface area contributed by atoms with Crippen LogP contribution in [0.15, 0.2) is 18.2 Å². The Labute approximate surface area is 126 Å². The first-order valence-electron chi connectivity index (χ1n) is 6.95. The lowest BCUT2D eigenvalue weighted by atomic mass is 10.1. The lowest BCUT2D eigenvalue weighted by Gasteiger charge is -2.13. The molecule has 0 aliphatic carbocycles. The molecule has 118 valence electrons. The zero-order valence-electron chi connectivity index (χ0n) is 12.1. The summed E-state index contributed by atoms with van der Waals surface area (Å²) in [5.74, 6) is -0.461. The van der Waals surface area contributed by atoms with E-state index in [1.54, 1.807) is 18.2 Å². The number of benzene rings is 1. The van der Waals surface area contributed by atoms with Crippen LogP contribution in [-0.4, -0.2) is 41.6 Å². The Bertz CT molecular complexity index is 601. The van der Waals surface area contributed by atoms with Gasteiger partial charge in [-0.1, -0.05) is 13.0 Å². The van der Waals surface area contributed by atoms with Crippen LogP contribution in [0.25, 0.3) is 0 Å². The third-order valence-electron chi connectivity index (χ3n) is 3.15. The summed E-state index contributed by atoms with van der Waals surface area (Å²) in [5, 5.41) is 9.16. The quantitative estimate of drug-likeness (QED) is 0.313. The highest BCUT2D eigenvalue weighted by molar-refractivity contribution is 6.22. The molecule has 0 saturated carbocycles. The maximum atomic E-state index is 12.4. The third-order valence-corrected chi connectivity index (χ3v) is 3.15. The fourth-order valence-electron chi connectivity index (χ4n) is 2.20. The fraction of sp³-hybridized carbons (Fsp3) is 0.429. The van der Waals surface area contributed by atoms with Crippen molar-refractivity contribution in [2.45, 2.75) is 19.8 Å². The molecule has 0 radical (unpaired) electrons. The van der Waals surface area contributed by atoms with Crippen LogP contribution in [0.5, 0.6) is 5.75 Å². The summed E-state index contributed by atoms with van der Waals surface area (Å²) in [7, 11) is 0. The highest BCUT2D eigenvalue weighted by Gasteiger charge is 2.37. The van der Waals surface area contributed by atoms with Crippen molar-refractivity contribution in [3.63, 3.8) is 0 Å². The van der Waals surface area contributed by atoms with E-state index in [1.165, 1.54) is 0 Å². The smallest absolute Gasteiger partial charge is 0.294 e. The molecule has 2 amide bonds. The third kappa shape index (κ3) is 3.16. The molecule has 0 N–H and O–H groups in total. The molecule has 1 aliphatic heterocycles. The van der Waals surface area contributed by atoms with Gasteiger partial charge in [-0.25, -0.2) is 0 Å². The second-order valence-electron chi connectivity index (χ2n) is 4.70. The predicted octanol–water partition coefficient (Wildman–Crippen LogP) is 1.67. The van der Waals surface area contributed by atoms with Crippen molar-refractivity contribution >= 4 is 11.8 Å². The Balaban J connectivity index is 2.09. The van der Waals surface area contributed by atoms with E-state index < -0.39 is 16.9 Å². The molecule has 0 saturated heterocycles. The average molecular weight is 308 g/mol. The standard InChI is InChI=1S/C14H16N2O6/c1-2-8-21-11-6-3-5-10-12(11)14(18)15(13(10)17)7-4-9-22-16(19)20/h3,5-6H,2,4,7-9H2,1H3. The molecule has 0 bridgehead atoms. The van der Waals surface area contributed by atoms with E-state index in [-0.39, 0.29) is 25.1 Å². The summed E-state index contributed by atoms with van der Waals surface area (Å²) in [6.45, 7) is 2.29. The number of carbonyl (C=O) groups is 2. The summed E-state index contributed by atoms with van der Waals surface area (Å²) < 4.78 is 5.51. The van der Waals surface area contributed by atoms with Gasteiger partial charge >= 0.3 is 0 Å². The van der Waals surface area contributed by atoms with Crippen LogP contribution in [0, 0.1) is 10.1 Å². The average Bonchev–Trinajstić information content (AvgIpc) is 2.74. The van der Waals surface area contributed by atoms with Gasteiger partial charge in [0.15, 0.2) is 0 Å². The summed E-state index contributed by atoms with van der Waals surface area (Å²) in [4.78, 5) is 39.9. The number of fused-ring (bicyclic) bond motifs is 1. The SMILES string of the molecule is CCCOc1cccc2c1C(=O)N(CCCO[N+](=O)[O-])C2=O. The molecule has 1 aromatic carbocycles. The van der Waals surface area contributed by atoms with Crippen LogP contribution >= 0.6 is 0 Å². The van der Waals surface area contributed by atoms with Crippen LogP contribution < -0.4 is 4.74 Å². The van der Waals surface area contributed by atoms with Crippen LogP contribution in [0.3, 0.4) is 0 Å². The van der Waals surface area contributed by atoms with Gasteiger partial charge in [-0.2, -0.15) is 0 Å². The molecule has 0 spiro atoms. The summed E-state index contributed by atoms with van der Waals surface area (Å²) in [6.07, 6.45) is 0.978. The number of hydrogen-bond acceptors (Lipinski definition) is 6. The lowest BCUT2D eigenvalue weighted by molar-refractivity contribution is -0.757. The van der Waals surface area contributed by atoms with Crippen molar-refractivity contribution in [1.29, 1.82) is 0 Å². The molecule has 0 fully saturated rings. The number of imide groups is 1. The summed E-state index contributed by atoms with van der Waals surface area (Å²) in [6, 6.07) is 4.88. The van der Waals surface area contributed by atoms with E-state index in [0.29, 0.717) is 17.9 Å². The monoisotopic (exact) mass is 308 g/mol. The van der Waals surface area contributed by atoms with E-state index in [9.17, 15) is 19.7 Å². The number of hydrogen-bond donors (Lipinski definition) is 0. The van der Waals surface area contributed by atoms with Crippen molar-refractivity contribution in [1.82, 2.24) is 4.90 Å². The highest BCUT2D eigenvalue weighted by Crippen LogP contribution is 2.31. The van der Waals surface area contributed by atoms with E-state index in [4.69, 9.17) is 4.74 Å². The van der Waals surface area contributed by atoms with Crippen molar-refractivity contribution in [2.75, 3.05) is 19.8 Å². The topological polar surface area (TPSA) is 99.0 Å². The largest absolute Gasteiger partial charge is 0.493 e. The number of carbonyl (C=O) groups excluding carboxylic acids is 2. The number of amides is 2. The molecule has 8 heteroatoms. The minimum atomic E-state index is -0.904. The second kappa shape index (κ2) is 6.88. The van der Waals surface area contributed by atoms with E-state index >= 15 is 0 Å². The molecule has 0 unspecified atom stereocenters. The molecule has 8 nitrogen and oxygen atoms in total. The van der Waals surface area contributed by atoms with Crippen molar-refractivity contribution in [2.24, 2.45) is 0 Å². The van der Waals surface area contributed by atoms with Gasteiger partial charge in [0.05, 0.1) is 24.3 Å². The van der Waals surface area contributed by atoms with Crippen LogP contribution in [-0.2, 0) is 4.84 Å². The van der Waals surface area contributed by atoms with E-state index in [1.807, 2.05) is 6.92 Å². The second-order valence-corrected chi connectivity index (χ2v) is 4.70. The normalized spacial score (nSPS) is 13.2. The number of nitrogens with zero attached hydrogens (tertiary/aromatic N) is 2. The zero-order chi connectivity index (χ0) is 16.1. The lowest BCUT2D eigenvalue weighted by Crippen LogP contribution is -2.31. The Morgan fingerprint density at radius 3 is 2.68 bits per heavy atom. The first-order chi connectivity index (χ1) is 10.6. The van der Waals surface area contributed by atoms with E-state index in [0.717, 1.165) is 11.3 Å². The minimum absolute atomic E-state index is 0.0629. The van der Waals surface area contributed by atoms with Gasteiger partial charge < -0.3 is 9.57 Å². The van der Waals surface area contributed by atoms with Crippen molar-refractivity contribution in [3.05, 3.63) is 39.4 Å². The summed E-state index contributed by atoms with van der Waals surface area (Å²) in [5.41, 5.74) is 0.560. The van der Waals surface area contributed by atoms with Gasteiger partial charge in [-0.15, -0.1) is 10.1 Å². The van der Waals surface area contributed by atoms with Gasteiger partial charge in [-0.3, -0.25) is 14.5 Å². The van der Waals surface area contributed by atoms with Gasteiger partial charge in [0.1, 0.15) is 5.75 Å². The molecular formula is C14H16N2O6. The van der Waals surface area contributed by atoms with E-state index in [2.05, 4.69) is 4.84 Å². The summed E-state index contributed by atoms with van der Waals surface area (Å²) >= 11 is 0. The molecule has 1 aromatic rings. The Morgan fingerprint density at radius 2 is 2.00 bits per heavy atom. The van der Waals surface area contributed by atoms with Gasteiger partial charge in [0.25, 0.3) is 16.9 Å². The first-order valence-corrected chi connectivity index (χ1v) is 6.95. The zero-order valence-corrected chi connectivity index (χ0v) is 12.1. The molecule has 22 heavy (non-hydrogen) atoms. The molecule has 1 heterocycles. The molecule has 2 rings (SSSR count).